The number of hydrogen-bond acceptors (Lipinski definition) is 6. The number of rotatable bonds is 6. The number of carbonyl (C=O) groups excluding carboxylic acids is 1. The van der Waals surface area contributed by atoms with Gasteiger partial charge in [0.2, 0.25) is 0 Å². The Morgan fingerprint density at radius 3 is 2.86 bits per heavy atom. The summed E-state index contributed by atoms with van der Waals surface area (Å²) in [4.78, 5) is 22.2. The van der Waals surface area contributed by atoms with E-state index in [2.05, 4.69) is 25.9 Å². The second-order valence-electron chi connectivity index (χ2n) is 8.31. The molecule has 35 heavy (non-hydrogen) atoms. The van der Waals surface area contributed by atoms with Crippen LogP contribution in [0.15, 0.2) is 60.8 Å². The highest BCUT2D eigenvalue weighted by Crippen LogP contribution is 2.34. The van der Waals surface area contributed by atoms with E-state index in [0.29, 0.717) is 11.5 Å². The maximum Gasteiger partial charge on any atom is 0.405 e. The van der Waals surface area contributed by atoms with Crippen molar-refractivity contribution in [2.24, 2.45) is 0 Å². The van der Waals surface area contributed by atoms with E-state index in [1.165, 1.54) is 6.20 Å². The lowest BCUT2D eigenvalue weighted by molar-refractivity contribution is -0.122. The van der Waals surface area contributed by atoms with Gasteiger partial charge in [0.15, 0.2) is 11.6 Å². The lowest BCUT2D eigenvalue weighted by Crippen LogP contribution is -2.36. The lowest BCUT2D eigenvalue weighted by atomic mass is 10.0. The number of nitrogens with zero attached hydrogens (tertiary/aromatic N) is 3. The predicted molar refractivity (Wildman–Crippen MR) is 121 cm³/mol. The first-order valence-electron chi connectivity index (χ1n) is 10.9. The number of hydrogen-bond donors (Lipinski definition) is 4. The highest BCUT2D eigenvalue weighted by molar-refractivity contribution is 5.90. The van der Waals surface area contributed by atoms with E-state index in [1.807, 2.05) is 29.3 Å². The fraction of sp³-hybridized carbons (Fsp3) is 0.261. The number of benzene rings is 1. The van der Waals surface area contributed by atoms with Crippen molar-refractivity contribution in [2.45, 2.75) is 31.0 Å². The molecule has 182 valence electrons. The summed E-state index contributed by atoms with van der Waals surface area (Å²) in [5.74, 6) is 0.654. The number of aromatic nitrogens is 2. The normalized spacial score (nSPS) is 18.9. The molecule has 1 fully saturated rings. The highest BCUT2D eigenvalue weighted by atomic mass is 19.4. The topological polar surface area (TPSA) is 94.2 Å². The van der Waals surface area contributed by atoms with Gasteiger partial charge in [-0.15, -0.1) is 0 Å². The summed E-state index contributed by atoms with van der Waals surface area (Å²) >= 11 is 0. The molecule has 0 spiro atoms. The van der Waals surface area contributed by atoms with Crippen LogP contribution in [0.3, 0.4) is 0 Å². The Labute approximate surface area is 197 Å². The largest absolute Gasteiger partial charge is 0.405 e. The minimum Gasteiger partial charge on any atom is -0.365 e. The summed E-state index contributed by atoms with van der Waals surface area (Å²) in [6.45, 7) is -1.42. The molecule has 1 saturated carbocycles. The van der Waals surface area contributed by atoms with E-state index in [4.69, 9.17) is 0 Å². The van der Waals surface area contributed by atoms with Gasteiger partial charge in [0.05, 0.1) is 17.8 Å². The number of nitrogens with one attached hydrogen (secondary N) is 4. The number of urea groups is 1. The summed E-state index contributed by atoms with van der Waals surface area (Å²) < 4.78 is 51.0. The molecule has 8 nitrogen and oxygen atoms in total. The van der Waals surface area contributed by atoms with Crippen molar-refractivity contribution < 1.29 is 22.4 Å². The molecule has 1 atom stereocenters. The Morgan fingerprint density at radius 2 is 2.09 bits per heavy atom. The molecule has 0 saturated heterocycles. The van der Waals surface area contributed by atoms with Crippen molar-refractivity contribution in [3.8, 4) is 0 Å². The molecule has 4 N–H and O–H groups in total. The molecule has 3 heterocycles. The zero-order valence-corrected chi connectivity index (χ0v) is 18.2. The minimum atomic E-state index is -4.49. The maximum atomic E-state index is 14.1. The summed E-state index contributed by atoms with van der Waals surface area (Å²) in [5.41, 5.74) is 1.84. The van der Waals surface area contributed by atoms with Crippen molar-refractivity contribution in [3.05, 3.63) is 78.0 Å². The first-order chi connectivity index (χ1) is 16.7. The minimum absolute atomic E-state index is 0.202. The molecule has 1 unspecified atom stereocenters. The van der Waals surface area contributed by atoms with Crippen molar-refractivity contribution in [1.29, 1.82) is 0 Å². The average Bonchev–Trinajstić information content (AvgIpc) is 3.54. The Balaban J connectivity index is 1.27. The molecule has 2 aliphatic heterocycles. The van der Waals surface area contributed by atoms with Crippen molar-refractivity contribution in [2.75, 3.05) is 17.2 Å². The quantitative estimate of drug-likeness (QED) is 0.456. The number of amides is 2. The SMILES string of the molecule is O=C(NCC(F)(F)F)Nc1cccc(C2=CNC3=CC(c4ncc(F)c(NC5CC5)n4)C=CN32)c1. The molecular formula is C23H21F4N7O. The van der Waals surface area contributed by atoms with Crippen molar-refractivity contribution in [3.63, 3.8) is 0 Å². The molecule has 2 aromatic rings. The van der Waals surface area contributed by atoms with Crippen molar-refractivity contribution >= 4 is 23.2 Å². The Bertz CT molecular complexity index is 1240. The van der Waals surface area contributed by atoms with Crippen LogP contribution in [0.1, 0.15) is 30.1 Å². The number of allylic oxidation sites excluding steroid dienone is 2. The van der Waals surface area contributed by atoms with Gasteiger partial charge in [-0.2, -0.15) is 13.2 Å². The third kappa shape index (κ3) is 5.36. The molecule has 1 aromatic heterocycles. The summed E-state index contributed by atoms with van der Waals surface area (Å²) in [6, 6.07) is 6.05. The van der Waals surface area contributed by atoms with Gasteiger partial charge in [0.25, 0.3) is 0 Å². The lowest BCUT2D eigenvalue weighted by Gasteiger charge is -2.25. The molecule has 2 amide bonds. The van der Waals surface area contributed by atoms with Crippen LogP contribution in [0.2, 0.25) is 0 Å². The smallest absolute Gasteiger partial charge is 0.365 e. The third-order valence-corrected chi connectivity index (χ3v) is 5.50. The second-order valence-corrected chi connectivity index (χ2v) is 8.31. The van der Waals surface area contributed by atoms with E-state index in [0.717, 1.165) is 29.9 Å². The summed E-state index contributed by atoms with van der Waals surface area (Å²) in [5, 5.41) is 10.4. The molecule has 0 bridgehead atoms. The summed E-state index contributed by atoms with van der Waals surface area (Å²) in [7, 11) is 0. The van der Waals surface area contributed by atoms with Crippen LogP contribution in [0.5, 0.6) is 0 Å². The van der Waals surface area contributed by atoms with Crippen LogP contribution < -0.4 is 21.3 Å². The second kappa shape index (κ2) is 8.93. The molecule has 12 heteroatoms. The third-order valence-electron chi connectivity index (χ3n) is 5.50. The maximum absolute atomic E-state index is 14.1. The van der Waals surface area contributed by atoms with Gasteiger partial charge in [0.1, 0.15) is 18.2 Å². The van der Waals surface area contributed by atoms with Crippen LogP contribution in [-0.2, 0) is 0 Å². The van der Waals surface area contributed by atoms with Crippen LogP contribution in [0.4, 0.5) is 33.9 Å². The van der Waals surface area contributed by atoms with Gasteiger partial charge in [-0.1, -0.05) is 18.2 Å². The first kappa shape index (κ1) is 22.7. The fourth-order valence-corrected chi connectivity index (χ4v) is 3.66. The molecular weight excluding hydrogens is 466 g/mol. The Hall–Kier alpha value is -4.09. The van der Waals surface area contributed by atoms with E-state index in [1.54, 1.807) is 29.7 Å². The predicted octanol–water partition coefficient (Wildman–Crippen LogP) is 4.23. The van der Waals surface area contributed by atoms with E-state index in [9.17, 15) is 22.4 Å². The van der Waals surface area contributed by atoms with Crippen LogP contribution in [-0.4, -0.2) is 39.7 Å². The average molecular weight is 487 g/mol. The van der Waals surface area contributed by atoms with Gasteiger partial charge in [-0.25, -0.2) is 19.2 Å². The van der Waals surface area contributed by atoms with Crippen LogP contribution in [0, 0.1) is 5.82 Å². The number of halogens is 4. The molecule has 0 radical (unpaired) electrons. The number of fused-ring (bicyclic) bond motifs is 1. The highest BCUT2D eigenvalue weighted by Gasteiger charge is 2.29. The molecule has 5 rings (SSSR count). The van der Waals surface area contributed by atoms with Gasteiger partial charge in [0, 0.05) is 29.7 Å². The Kier molecular flexibility index (Phi) is 5.79. The molecule has 1 aromatic carbocycles. The first-order valence-corrected chi connectivity index (χ1v) is 10.9. The molecule has 3 aliphatic rings. The van der Waals surface area contributed by atoms with Gasteiger partial charge in [-0.05, 0) is 31.1 Å². The standard InChI is InChI=1S/C23H21F4N7O/c24-17-10-29-20(33-21(17)31-15-4-5-15)14-6-7-34-18(11-28-19(34)9-14)13-2-1-3-16(8-13)32-22(35)30-12-23(25,26)27/h1-3,6-11,14-15,28H,4-5,12H2,(H,29,31,33)(H2,30,32,35). The number of alkyl halides is 3. The van der Waals surface area contributed by atoms with E-state index in [-0.39, 0.29) is 17.8 Å². The van der Waals surface area contributed by atoms with E-state index < -0.39 is 24.6 Å². The van der Waals surface area contributed by atoms with E-state index >= 15 is 0 Å². The van der Waals surface area contributed by atoms with Crippen molar-refractivity contribution in [1.82, 2.24) is 25.5 Å². The van der Waals surface area contributed by atoms with Gasteiger partial charge >= 0.3 is 12.2 Å². The number of anilines is 2. The fourth-order valence-electron chi connectivity index (χ4n) is 3.66. The van der Waals surface area contributed by atoms with Crippen LogP contribution >= 0.6 is 0 Å². The monoisotopic (exact) mass is 487 g/mol. The zero-order valence-electron chi connectivity index (χ0n) is 18.2. The zero-order chi connectivity index (χ0) is 24.6. The van der Waals surface area contributed by atoms with Gasteiger partial charge < -0.3 is 26.2 Å². The summed E-state index contributed by atoms with van der Waals surface area (Å²) in [6.07, 6.45) is 6.06. The Morgan fingerprint density at radius 1 is 1.26 bits per heavy atom. The van der Waals surface area contributed by atoms with Gasteiger partial charge in [-0.3, -0.25) is 0 Å². The van der Waals surface area contributed by atoms with Crippen LogP contribution in [0.25, 0.3) is 5.70 Å². The molecule has 1 aliphatic carbocycles. The number of carbonyl (C=O) groups is 1.